The van der Waals surface area contributed by atoms with Crippen molar-refractivity contribution in [2.75, 3.05) is 6.61 Å². The molecule has 3 heteroatoms. The SMILES string of the molecule is CC.Cc1c(C(C)C)c(C#N)cn1CCO. The van der Waals surface area contributed by atoms with E-state index in [1.807, 2.05) is 31.5 Å². The molecule has 0 fully saturated rings. The summed E-state index contributed by atoms with van der Waals surface area (Å²) in [6.07, 6.45) is 1.82. The molecule has 1 aromatic rings. The summed E-state index contributed by atoms with van der Waals surface area (Å²) in [5.41, 5.74) is 2.91. The quantitative estimate of drug-likeness (QED) is 0.855. The maximum absolute atomic E-state index is 8.95. The van der Waals surface area contributed by atoms with E-state index in [1.165, 1.54) is 0 Å². The molecule has 0 unspecified atom stereocenters. The van der Waals surface area contributed by atoms with Crippen LogP contribution >= 0.6 is 0 Å². The van der Waals surface area contributed by atoms with Gasteiger partial charge in [-0.1, -0.05) is 27.7 Å². The van der Waals surface area contributed by atoms with Crippen LogP contribution in [-0.2, 0) is 6.54 Å². The van der Waals surface area contributed by atoms with E-state index in [1.54, 1.807) is 0 Å². The summed E-state index contributed by atoms with van der Waals surface area (Å²) in [6, 6.07) is 2.19. The highest BCUT2D eigenvalue weighted by atomic mass is 16.3. The minimum absolute atomic E-state index is 0.109. The Kier molecular flexibility index (Phi) is 6.52. The van der Waals surface area contributed by atoms with Gasteiger partial charge in [0.2, 0.25) is 0 Å². The van der Waals surface area contributed by atoms with Crippen LogP contribution in [0.1, 0.15) is 50.4 Å². The van der Waals surface area contributed by atoms with Crippen LogP contribution in [0.15, 0.2) is 6.20 Å². The molecule has 1 heterocycles. The minimum Gasteiger partial charge on any atom is -0.395 e. The first-order valence-corrected chi connectivity index (χ1v) is 5.82. The van der Waals surface area contributed by atoms with Crippen LogP contribution in [-0.4, -0.2) is 16.3 Å². The van der Waals surface area contributed by atoms with Crippen molar-refractivity contribution in [3.05, 3.63) is 23.0 Å². The van der Waals surface area contributed by atoms with Gasteiger partial charge in [-0.2, -0.15) is 5.26 Å². The molecule has 0 aromatic carbocycles. The predicted molar refractivity (Wildman–Crippen MR) is 66.4 cm³/mol. The van der Waals surface area contributed by atoms with Crippen molar-refractivity contribution in [3.63, 3.8) is 0 Å². The van der Waals surface area contributed by atoms with Crippen molar-refractivity contribution in [1.29, 1.82) is 5.26 Å². The van der Waals surface area contributed by atoms with Gasteiger partial charge >= 0.3 is 0 Å². The molecule has 0 saturated heterocycles. The largest absolute Gasteiger partial charge is 0.395 e. The van der Waals surface area contributed by atoms with E-state index in [0.717, 1.165) is 16.8 Å². The number of hydrogen-bond acceptors (Lipinski definition) is 2. The van der Waals surface area contributed by atoms with Crippen LogP contribution in [0, 0.1) is 18.3 Å². The van der Waals surface area contributed by atoms with Crippen LogP contribution in [0.2, 0.25) is 0 Å². The normalized spacial score (nSPS) is 9.62. The van der Waals surface area contributed by atoms with Crippen molar-refractivity contribution in [2.24, 2.45) is 0 Å². The Hall–Kier alpha value is -1.27. The minimum atomic E-state index is 0.109. The zero-order valence-electron chi connectivity index (χ0n) is 10.9. The number of nitriles is 1. The van der Waals surface area contributed by atoms with Gasteiger partial charge in [0.25, 0.3) is 0 Å². The van der Waals surface area contributed by atoms with Crippen LogP contribution in [0.5, 0.6) is 0 Å². The van der Waals surface area contributed by atoms with Crippen molar-refractivity contribution in [2.45, 2.75) is 47.1 Å². The number of aliphatic hydroxyl groups excluding tert-OH is 1. The first-order valence-electron chi connectivity index (χ1n) is 5.82. The summed E-state index contributed by atoms with van der Waals surface area (Å²) in [7, 11) is 0. The number of aromatic nitrogens is 1. The van der Waals surface area contributed by atoms with Gasteiger partial charge in [-0.15, -0.1) is 0 Å². The van der Waals surface area contributed by atoms with Gasteiger partial charge < -0.3 is 9.67 Å². The third-order valence-electron chi connectivity index (χ3n) is 2.43. The zero-order valence-corrected chi connectivity index (χ0v) is 10.9. The van der Waals surface area contributed by atoms with E-state index in [2.05, 4.69) is 19.9 Å². The molecule has 0 amide bonds. The van der Waals surface area contributed by atoms with E-state index in [9.17, 15) is 0 Å². The summed E-state index contributed by atoms with van der Waals surface area (Å²) in [6.45, 7) is 10.8. The molecule has 0 bridgehead atoms. The summed E-state index contributed by atoms with van der Waals surface area (Å²) in [5.74, 6) is 0.351. The standard InChI is InChI=1S/C11H16N2O.C2H6/c1-8(2)11-9(3)13(4-5-14)7-10(11)6-12;1-2/h7-8,14H,4-5H2,1-3H3;1-2H3. The fourth-order valence-electron chi connectivity index (χ4n) is 1.83. The van der Waals surface area contributed by atoms with Gasteiger partial charge in [-0.05, 0) is 18.4 Å². The van der Waals surface area contributed by atoms with Gasteiger partial charge in [0, 0.05) is 18.4 Å². The highest BCUT2D eigenvalue weighted by Gasteiger charge is 2.14. The molecule has 0 aliphatic heterocycles. The van der Waals surface area contributed by atoms with E-state index in [-0.39, 0.29) is 6.61 Å². The summed E-state index contributed by atoms with van der Waals surface area (Å²) < 4.78 is 1.94. The molecular formula is C13H22N2O. The van der Waals surface area contributed by atoms with Gasteiger partial charge in [0.05, 0.1) is 12.2 Å². The lowest BCUT2D eigenvalue weighted by Crippen LogP contribution is -2.03. The third-order valence-corrected chi connectivity index (χ3v) is 2.43. The third kappa shape index (κ3) is 3.11. The van der Waals surface area contributed by atoms with Gasteiger partial charge in [0.1, 0.15) is 6.07 Å². The Balaban J connectivity index is 0.00000106. The molecule has 16 heavy (non-hydrogen) atoms. The van der Waals surface area contributed by atoms with Crippen molar-refractivity contribution < 1.29 is 5.11 Å². The number of hydrogen-bond donors (Lipinski definition) is 1. The van der Waals surface area contributed by atoms with E-state index >= 15 is 0 Å². The highest BCUT2D eigenvalue weighted by Crippen LogP contribution is 2.24. The highest BCUT2D eigenvalue weighted by molar-refractivity contribution is 5.42. The first kappa shape index (κ1) is 14.7. The second kappa shape index (κ2) is 7.08. The van der Waals surface area contributed by atoms with Gasteiger partial charge in [-0.25, -0.2) is 0 Å². The summed E-state index contributed by atoms with van der Waals surface area (Å²) >= 11 is 0. The lowest BCUT2D eigenvalue weighted by atomic mass is 10.00. The van der Waals surface area contributed by atoms with Crippen LogP contribution in [0.25, 0.3) is 0 Å². The van der Waals surface area contributed by atoms with Crippen LogP contribution in [0.4, 0.5) is 0 Å². The van der Waals surface area contributed by atoms with Gasteiger partial charge in [-0.3, -0.25) is 0 Å². The molecule has 1 N–H and O–H groups in total. The van der Waals surface area contributed by atoms with Crippen molar-refractivity contribution in [1.82, 2.24) is 4.57 Å². The zero-order chi connectivity index (χ0) is 12.7. The number of aliphatic hydroxyl groups is 1. The fourth-order valence-corrected chi connectivity index (χ4v) is 1.83. The Labute approximate surface area is 98.3 Å². The second-order valence-corrected chi connectivity index (χ2v) is 3.73. The average Bonchev–Trinajstić information content (AvgIpc) is 2.59. The van der Waals surface area contributed by atoms with Crippen molar-refractivity contribution in [3.8, 4) is 6.07 Å². The Bertz CT molecular complexity index is 359. The van der Waals surface area contributed by atoms with Crippen LogP contribution < -0.4 is 0 Å². The summed E-state index contributed by atoms with van der Waals surface area (Å²) in [5, 5.41) is 17.8. The number of rotatable bonds is 3. The Morgan fingerprint density at radius 3 is 2.31 bits per heavy atom. The first-order chi connectivity index (χ1) is 7.61. The average molecular weight is 222 g/mol. The fraction of sp³-hybridized carbons (Fsp3) is 0.615. The molecule has 0 saturated carbocycles. The molecule has 1 aromatic heterocycles. The van der Waals surface area contributed by atoms with E-state index in [0.29, 0.717) is 12.5 Å². The smallest absolute Gasteiger partial charge is 0.101 e. The van der Waals surface area contributed by atoms with Crippen LogP contribution in [0.3, 0.4) is 0 Å². The Morgan fingerprint density at radius 2 is 2.00 bits per heavy atom. The molecule has 0 atom stereocenters. The molecule has 0 aliphatic rings. The lowest BCUT2D eigenvalue weighted by molar-refractivity contribution is 0.275. The molecule has 0 radical (unpaired) electrons. The van der Waals surface area contributed by atoms with E-state index in [4.69, 9.17) is 10.4 Å². The maximum Gasteiger partial charge on any atom is 0.101 e. The summed E-state index contributed by atoms with van der Waals surface area (Å²) in [4.78, 5) is 0. The molecule has 3 nitrogen and oxygen atoms in total. The predicted octanol–water partition coefficient (Wildman–Crippen LogP) is 2.81. The molecule has 1 rings (SSSR count). The molecule has 0 aliphatic carbocycles. The van der Waals surface area contributed by atoms with E-state index < -0.39 is 0 Å². The van der Waals surface area contributed by atoms with Crippen molar-refractivity contribution >= 4 is 0 Å². The Morgan fingerprint density at radius 1 is 1.44 bits per heavy atom. The lowest BCUT2D eigenvalue weighted by Gasteiger charge is -2.07. The second-order valence-electron chi connectivity index (χ2n) is 3.73. The maximum atomic E-state index is 8.95. The molecule has 0 spiro atoms. The topological polar surface area (TPSA) is 49.0 Å². The molecular weight excluding hydrogens is 200 g/mol. The number of nitrogens with zero attached hydrogens (tertiary/aromatic N) is 2. The van der Waals surface area contributed by atoms with Gasteiger partial charge in [0.15, 0.2) is 0 Å². The monoisotopic (exact) mass is 222 g/mol. The molecule has 90 valence electrons.